The van der Waals surface area contributed by atoms with Gasteiger partial charge in [-0.15, -0.1) is 0 Å². The molecular weight excluding hydrogens is 344 g/mol. The van der Waals surface area contributed by atoms with E-state index in [0.717, 1.165) is 41.2 Å². The standard InChI is InChI=1S/C21H24N2O2S/c1-15-4-11-19(12-5-15)26-21-16(3-2-14-22-21)6-13-20(25)23-17-7-9-18(24)10-8-17/h2-6,11-14,17-18,24H,7-10H2,1H3,(H,23,25)/b13-6+. The van der Waals surface area contributed by atoms with Crippen molar-refractivity contribution < 1.29 is 9.90 Å². The predicted molar refractivity (Wildman–Crippen MR) is 105 cm³/mol. The Bertz CT molecular complexity index is 766. The maximum Gasteiger partial charge on any atom is 0.244 e. The zero-order valence-electron chi connectivity index (χ0n) is 14.9. The molecule has 0 aliphatic heterocycles. The van der Waals surface area contributed by atoms with Gasteiger partial charge in [-0.05, 0) is 56.9 Å². The van der Waals surface area contributed by atoms with Crippen molar-refractivity contribution >= 4 is 23.7 Å². The summed E-state index contributed by atoms with van der Waals surface area (Å²) in [4.78, 5) is 17.8. The zero-order valence-corrected chi connectivity index (χ0v) is 15.7. The number of pyridine rings is 1. The largest absolute Gasteiger partial charge is 0.393 e. The molecule has 1 aromatic heterocycles. The highest BCUT2D eigenvalue weighted by molar-refractivity contribution is 7.99. The van der Waals surface area contributed by atoms with Crippen LogP contribution >= 0.6 is 11.8 Å². The third-order valence-electron chi connectivity index (χ3n) is 4.49. The van der Waals surface area contributed by atoms with Crippen molar-refractivity contribution in [2.45, 2.75) is 54.7 Å². The molecule has 1 amide bonds. The van der Waals surface area contributed by atoms with Gasteiger partial charge < -0.3 is 10.4 Å². The van der Waals surface area contributed by atoms with Crippen LogP contribution in [0.5, 0.6) is 0 Å². The van der Waals surface area contributed by atoms with Gasteiger partial charge in [0, 0.05) is 28.8 Å². The zero-order chi connectivity index (χ0) is 18.4. The lowest BCUT2D eigenvalue weighted by Crippen LogP contribution is -2.37. The van der Waals surface area contributed by atoms with E-state index in [0.29, 0.717) is 0 Å². The van der Waals surface area contributed by atoms with Gasteiger partial charge >= 0.3 is 0 Å². The van der Waals surface area contributed by atoms with Crippen LogP contribution in [0.15, 0.2) is 58.6 Å². The number of aromatic nitrogens is 1. The van der Waals surface area contributed by atoms with E-state index in [1.165, 1.54) is 5.56 Å². The van der Waals surface area contributed by atoms with Crippen LogP contribution < -0.4 is 5.32 Å². The minimum absolute atomic E-state index is 0.0958. The molecule has 0 radical (unpaired) electrons. The molecule has 2 aromatic rings. The van der Waals surface area contributed by atoms with Crippen molar-refractivity contribution in [3.63, 3.8) is 0 Å². The van der Waals surface area contributed by atoms with Crippen molar-refractivity contribution in [1.29, 1.82) is 0 Å². The summed E-state index contributed by atoms with van der Waals surface area (Å²) in [6.07, 6.45) is 8.13. The van der Waals surface area contributed by atoms with E-state index in [1.807, 2.05) is 18.2 Å². The topological polar surface area (TPSA) is 62.2 Å². The molecule has 0 unspecified atom stereocenters. The first-order chi connectivity index (χ1) is 12.6. The number of aliphatic hydroxyl groups excluding tert-OH is 1. The van der Waals surface area contributed by atoms with E-state index in [9.17, 15) is 9.90 Å². The van der Waals surface area contributed by atoms with E-state index in [4.69, 9.17) is 0 Å². The molecule has 2 N–H and O–H groups in total. The fourth-order valence-corrected chi connectivity index (χ4v) is 3.83. The SMILES string of the molecule is Cc1ccc(Sc2ncccc2/C=C/C(=O)NC2CCC(O)CC2)cc1. The highest BCUT2D eigenvalue weighted by atomic mass is 32.2. The second-order valence-electron chi connectivity index (χ2n) is 6.66. The lowest BCUT2D eigenvalue weighted by molar-refractivity contribution is -0.117. The number of carbonyl (C=O) groups is 1. The number of rotatable bonds is 5. The van der Waals surface area contributed by atoms with Gasteiger partial charge in [0.2, 0.25) is 5.91 Å². The van der Waals surface area contributed by atoms with Gasteiger partial charge in [0.25, 0.3) is 0 Å². The number of benzene rings is 1. The predicted octanol–water partition coefficient (Wildman–Crippen LogP) is 3.97. The Hall–Kier alpha value is -2.11. The molecule has 3 rings (SSSR count). The number of nitrogens with zero attached hydrogens (tertiary/aromatic N) is 1. The molecule has 1 aliphatic rings. The van der Waals surface area contributed by atoms with Crippen LogP contribution in [-0.4, -0.2) is 28.1 Å². The molecule has 1 aliphatic carbocycles. The number of aryl methyl sites for hydroxylation is 1. The van der Waals surface area contributed by atoms with E-state index in [-0.39, 0.29) is 18.1 Å². The van der Waals surface area contributed by atoms with Gasteiger partial charge in [-0.2, -0.15) is 0 Å². The van der Waals surface area contributed by atoms with Crippen LogP contribution in [0, 0.1) is 6.92 Å². The van der Waals surface area contributed by atoms with E-state index in [2.05, 4.69) is 41.5 Å². The monoisotopic (exact) mass is 368 g/mol. The Labute approximate surface area is 158 Å². The maximum absolute atomic E-state index is 12.2. The number of aliphatic hydroxyl groups is 1. The molecule has 0 saturated heterocycles. The highest BCUT2D eigenvalue weighted by Gasteiger charge is 2.19. The molecule has 136 valence electrons. The molecule has 4 nitrogen and oxygen atoms in total. The van der Waals surface area contributed by atoms with Crippen LogP contribution in [0.1, 0.15) is 36.8 Å². The van der Waals surface area contributed by atoms with E-state index < -0.39 is 0 Å². The fraction of sp³-hybridized carbons (Fsp3) is 0.333. The minimum Gasteiger partial charge on any atom is -0.393 e. The Morgan fingerprint density at radius 1 is 1.19 bits per heavy atom. The van der Waals surface area contributed by atoms with E-state index >= 15 is 0 Å². The lowest BCUT2D eigenvalue weighted by atomic mass is 9.93. The first-order valence-electron chi connectivity index (χ1n) is 8.96. The van der Waals surface area contributed by atoms with Gasteiger partial charge in [-0.1, -0.05) is 35.5 Å². The van der Waals surface area contributed by atoms with Gasteiger partial charge in [0.15, 0.2) is 0 Å². The molecule has 1 heterocycles. The van der Waals surface area contributed by atoms with Gasteiger partial charge in [0.1, 0.15) is 5.03 Å². The second kappa shape index (κ2) is 9.01. The molecule has 0 spiro atoms. The number of nitrogens with one attached hydrogen (secondary N) is 1. The average molecular weight is 369 g/mol. The molecule has 1 aromatic carbocycles. The summed E-state index contributed by atoms with van der Waals surface area (Å²) in [5.74, 6) is -0.0958. The summed E-state index contributed by atoms with van der Waals surface area (Å²) in [5.41, 5.74) is 2.15. The summed E-state index contributed by atoms with van der Waals surface area (Å²) >= 11 is 1.59. The Kier molecular flexibility index (Phi) is 6.47. The van der Waals surface area contributed by atoms with Crippen molar-refractivity contribution in [2.75, 3.05) is 0 Å². The van der Waals surface area contributed by atoms with Crippen molar-refractivity contribution in [2.24, 2.45) is 0 Å². The molecule has 0 bridgehead atoms. The highest BCUT2D eigenvalue weighted by Crippen LogP contribution is 2.29. The smallest absolute Gasteiger partial charge is 0.244 e. The third-order valence-corrected chi connectivity index (χ3v) is 5.54. The molecule has 1 saturated carbocycles. The van der Waals surface area contributed by atoms with Crippen LogP contribution in [0.2, 0.25) is 0 Å². The van der Waals surface area contributed by atoms with Crippen molar-refractivity contribution in [3.05, 3.63) is 59.8 Å². The number of carbonyl (C=O) groups excluding carboxylic acids is 1. The first kappa shape index (κ1) is 18.7. The Morgan fingerprint density at radius 3 is 2.65 bits per heavy atom. The molecule has 5 heteroatoms. The maximum atomic E-state index is 12.2. The van der Waals surface area contributed by atoms with Crippen molar-refractivity contribution in [1.82, 2.24) is 10.3 Å². The lowest BCUT2D eigenvalue weighted by Gasteiger charge is -2.25. The summed E-state index contributed by atoms with van der Waals surface area (Å²) in [7, 11) is 0. The summed E-state index contributed by atoms with van der Waals surface area (Å²) in [5, 5.41) is 13.4. The summed E-state index contributed by atoms with van der Waals surface area (Å²) in [6, 6.07) is 12.3. The van der Waals surface area contributed by atoms with Crippen LogP contribution in [0.4, 0.5) is 0 Å². The fourth-order valence-electron chi connectivity index (χ4n) is 2.97. The number of hydrogen-bond donors (Lipinski definition) is 2. The van der Waals surface area contributed by atoms with Gasteiger partial charge in [-0.25, -0.2) is 4.98 Å². The number of hydrogen-bond acceptors (Lipinski definition) is 4. The van der Waals surface area contributed by atoms with Crippen LogP contribution in [0.3, 0.4) is 0 Å². The van der Waals surface area contributed by atoms with E-state index in [1.54, 1.807) is 24.0 Å². The first-order valence-corrected chi connectivity index (χ1v) is 9.78. The number of amides is 1. The average Bonchev–Trinajstić information content (AvgIpc) is 2.65. The van der Waals surface area contributed by atoms with Crippen molar-refractivity contribution in [3.8, 4) is 0 Å². The van der Waals surface area contributed by atoms with Gasteiger partial charge in [0.05, 0.1) is 6.10 Å². The van der Waals surface area contributed by atoms with Crippen LogP contribution in [0.25, 0.3) is 6.08 Å². The molecule has 1 fully saturated rings. The normalized spacial score (nSPS) is 20.2. The molecule has 0 atom stereocenters. The Balaban J connectivity index is 1.62. The second-order valence-corrected chi connectivity index (χ2v) is 7.72. The quantitative estimate of drug-likeness (QED) is 0.784. The summed E-state index contributed by atoms with van der Waals surface area (Å²) < 4.78 is 0. The summed E-state index contributed by atoms with van der Waals surface area (Å²) in [6.45, 7) is 2.06. The third kappa shape index (κ3) is 5.44. The molecule has 26 heavy (non-hydrogen) atoms. The van der Waals surface area contributed by atoms with Gasteiger partial charge in [-0.3, -0.25) is 4.79 Å². The molecular formula is C21H24N2O2S. The Morgan fingerprint density at radius 2 is 1.92 bits per heavy atom. The minimum atomic E-state index is -0.213. The van der Waals surface area contributed by atoms with Crippen LogP contribution in [-0.2, 0) is 4.79 Å².